The Bertz CT molecular complexity index is 578. The summed E-state index contributed by atoms with van der Waals surface area (Å²) in [6, 6.07) is 6.45. The molecule has 1 heterocycles. The first-order valence-corrected chi connectivity index (χ1v) is 5.58. The van der Waals surface area contributed by atoms with Gasteiger partial charge in [0.05, 0.1) is 13.2 Å². The molecule has 1 aromatic heterocycles. The molecule has 0 saturated carbocycles. The van der Waals surface area contributed by atoms with Crippen LogP contribution in [0.5, 0.6) is 5.75 Å². The van der Waals surface area contributed by atoms with E-state index in [-0.39, 0.29) is 5.56 Å². The molecule has 1 unspecified atom stereocenters. The second kappa shape index (κ2) is 5.73. The number of aromatic nitrogens is 1. The van der Waals surface area contributed by atoms with Crippen LogP contribution in [0.3, 0.4) is 0 Å². The molecule has 0 amide bonds. The smallest absolute Gasteiger partial charge is 0.164 e. The zero-order chi connectivity index (χ0) is 13.8. The highest BCUT2D eigenvalue weighted by atomic mass is 19.2. The summed E-state index contributed by atoms with van der Waals surface area (Å²) in [5, 5.41) is 0. The van der Waals surface area contributed by atoms with Gasteiger partial charge in [0.2, 0.25) is 0 Å². The van der Waals surface area contributed by atoms with Gasteiger partial charge in [-0.1, -0.05) is 12.1 Å². The molecule has 0 aliphatic heterocycles. The number of pyridine rings is 1. The lowest BCUT2D eigenvalue weighted by Crippen LogP contribution is -2.30. The molecule has 0 fully saturated rings. The molecule has 0 bridgehead atoms. The minimum absolute atomic E-state index is 0.0690. The average molecular weight is 265 g/mol. The van der Waals surface area contributed by atoms with Crippen molar-refractivity contribution in [3.05, 3.63) is 59.4 Å². The minimum atomic E-state index is -0.960. The summed E-state index contributed by atoms with van der Waals surface area (Å²) in [6.07, 6.45) is 1.53. The molecule has 100 valence electrons. The number of rotatable bonds is 4. The fourth-order valence-electron chi connectivity index (χ4n) is 1.85. The second-order valence-electron chi connectivity index (χ2n) is 3.83. The summed E-state index contributed by atoms with van der Waals surface area (Å²) < 4.78 is 32.2. The standard InChI is InChI=1S/C13H13F2N3O/c1-19-10-6-3-7-17-13(10)12(18-16)8-4-2-5-9(14)11(8)15/h2-7,12,18H,16H2,1H3. The van der Waals surface area contributed by atoms with Gasteiger partial charge in [-0.15, -0.1) is 0 Å². The van der Waals surface area contributed by atoms with Crippen LogP contribution in [-0.2, 0) is 0 Å². The molecule has 3 N–H and O–H groups in total. The van der Waals surface area contributed by atoms with Gasteiger partial charge in [-0.3, -0.25) is 10.8 Å². The number of nitrogens with zero attached hydrogens (tertiary/aromatic N) is 1. The molecule has 0 radical (unpaired) electrons. The van der Waals surface area contributed by atoms with Crippen molar-refractivity contribution in [2.45, 2.75) is 6.04 Å². The third kappa shape index (κ3) is 2.54. The molecule has 2 aromatic rings. The highest BCUT2D eigenvalue weighted by Crippen LogP contribution is 2.29. The Labute approximate surface area is 109 Å². The fraction of sp³-hybridized carbons (Fsp3) is 0.154. The maximum absolute atomic E-state index is 13.8. The number of hydrogen-bond donors (Lipinski definition) is 2. The van der Waals surface area contributed by atoms with Crippen LogP contribution in [-0.4, -0.2) is 12.1 Å². The van der Waals surface area contributed by atoms with E-state index in [1.54, 1.807) is 12.1 Å². The van der Waals surface area contributed by atoms with Crippen LogP contribution in [0.4, 0.5) is 8.78 Å². The lowest BCUT2D eigenvalue weighted by molar-refractivity contribution is 0.398. The van der Waals surface area contributed by atoms with Crippen molar-refractivity contribution in [2.75, 3.05) is 7.11 Å². The number of halogens is 2. The zero-order valence-electron chi connectivity index (χ0n) is 10.2. The molecule has 0 spiro atoms. The van der Waals surface area contributed by atoms with E-state index in [0.29, 0.717) is 11.4 Å². The molecule has 4 nitrogen and oxygen atoms in total. The number of ether oxygens (including phenoxy) is 1. The first-order chi connectivity index (χ1) is 9.19. The molecule has 2 rings (SSSR count). The van der Waals surface area contributed by atoms with Crippen LogP contribution in [0.2, 0.25) is 0 Å². The van der Waals surface area contributed by atoms with E-state index >= 15 is 0 Å². The van der Waals surface area contributed by atoms with Gasteiger partial charge in [0.15, 0.2) is 11.6 Å². The van der Waals surface area contributed by atoms with E-state index in [0.717, 1.165) is 6.07 Å². The summed E-state index contributed by atoms with van der Waals surface area (Å²) in [4.78, 5) is 4.11. The Hall–Kier alpha value is -2.05. The number of nitrogens with two attached hydrogens (primary N) is 1. The van der Waals surface area contributed by atoms with Crippen molar-refractivity contribution in [3.63, 3.8) is 0 Å². The first kappa shape index (κ1) is 13.4. The number of nitrogens with one attached hydrogen (secondary N) is 1. The van der Waals surface area contributed by atoms with Gasteiger partial charge < -0.3 is 4.74 Å². The largest absolute Gasteiger partial charge is 0.495 e. The summed E-state index contributed by atoms with van der Waals surface area (Å²) in [6.45, 7) is 0. The molecule has 0 aliphatic rings. The van der Waals surface area contributed by atoms with Crippen molar-refractivity contribution in [2.24, 2.45) is 5.84 Å². The van der Waals surface area contributed by atoms with Crippen molar-refractivity contribution in [1.29, 1.82) is 0 Å². The Balaban J connectivity index is 2.53. The maximum atomic E-state index is 13.8. The normalized spacial score (nSPS) is 12.2. The topological polar surface area (TPSA) is 60.2 Å². The monoisotopic (exact) mass is 265 g/mol. The molecule has 1 aromatic carbocycles. The lowest BCUT2D eigenvalue weighted by atomic mass is 10.0. The highest BCUT2D eigenvalue weighted by Gasteiger charge is 2.22. The summed E-state index contributed by atoms with van der Waals surface area (Å²) in [7, 11) is 1.47. The van der Waals surface area contributed by atoms with Gasteiger partial charge in [-0.05, 0) is 18.2 Å². The summed E-state index contributed by atoms with van der Waals surface area (Å²) in [5.74, 6) is 3.99. The minimum Gasteiger partial charge on any atom is -0.495 e. The lowest BCUT2D eigenvalue weighted by Gasteiger charge is -2.18. The second-order valence-corrected chi connectivity index (χ2v) is 3.83. The van der Waals surface area contributed by atoms with Gasteiger partial charge in [0.1, 0.15) is 11.4 Å². The van der Waals surface area contributed by atoms with Gasteiger partial charge in [0, 0.05) is 11.8 Å². The van der Waals surface area contributed by atoms with Crippen LogP contribution < -0.4 is 16.0 Å². The fourth-order valence-corrected chi connectivity index (χ4v) is 1.85. The number of benzene rings is 1. The Morgan fingerprint density at radius 1 is 1.26 bits per heavy atom. The van der Waals surface area contributed by atoms with E-state index in [9.17, 15) is 8.78 Å². The third-order valence-corrected chi connectivity index (χ3v) is 2.75. The molecular weight excluding hydrogens is 252 g/mol. The molecule has 0 saturated heterocycles. The average Bonchev–Trinajstić information content (AvgIpc) is 2.45. The Morgan fingerprint density at radius 2 is 2.05 bits per heavy atom. The zero-order valence-corrected chi connectivity index (χ0v) is 10.2. The third-order valence-electron chi connectivity index (χ3n) is 2.75. The summed E-state index contributed by atoms with van der Waals surface area (Å²) >= 11 is 0. The van der Waals surface area contributed by atoms with E-state index in [1.165, 1.54) is 25.4 Å². The van der Waals surface area contributed by atoms with Crippen molar-refractivity contribution >= 4 is 0 Å². The molecule has 19 heavy (non-hydrogen) atoms. The van der Waals surface area contributed by atoms with E-state index in [2.05, 4.69) is 10.4 Å². The van der Waals surface area contributed by atoms with Crippen molar-refractivity contribution < 1.29 is 13.5 Å². The van der Waals surface area contributed by atoms with Crippen LogP contribution in [0.1, 0.15) is 17.3 Å². The van der Waals surface area contributed by atoms with Gasteiger partial charge in [0.25, 0.3) is 0 Å². The van der Waals surface area contributed by atoms with Crippen LogP contribution in [0, 0.1) is 11.6 Å². The molecule has 0 aliphatic carbocycles. The number of methoxy groups -OCH3 is 1. The summed E-state index contributed by atoms with van der Waals surface area (Å²) in [5.41, 5.74) is 2.88. The predicted octanol–water partition coefficient (Wildman–Crippen LogP) is 1.92. The highest BCUT2D eigenvalue weighted by molar-refractivity contribution is 5.37. The van der Waals surface area contributed by atoms with Crippen molar-refractivity contribution in [1.82, 2.24) is 10.4 Å². The molecular formula is C13H13F2N3O. The molecule has 6 heteroatoms. The van der Waals surface area contributed by atoms with Crippen LogP contribution in [0.15, 0.2) is 36.5 Å². The van der Waals surface area contributed by atoms with E-state index in [4.69, 9.17) is 10.6 Å². The van der Waals surface area contributed by atoms with Crippen LogP contribution >= 0.6 is 0 Å². The molecule has 1 atom stereocenters. The number of hydrogen-bond acceptors (Lipinski definition) is 4. The predicted molar refractivity (Wildman–Crippen MR) is 66.3 cm³/mol. The van der Waals surface area contributed by atoms with Crippen molar-refractivity contribution in [3.8, 4) is 5.75 Å². The van der Waals surface area contributed by atoms with E-state index < -0.39 is 17.7 Å². The SMILES string of the molecule is COc1cccnc1C(NN)c1cccc(F)c1F. The Kier molecular flexibility index (Phi) is 4.03. The van der Waals surface area contributed by atoms with Gasteiger partial charge >= 0.3 is 0 Å². The maximum Gasteiger partial charge on any atom is 0.164 e. The first-order valence-electron chi connectivity index (χ1n) is 5.58. The quantitative estimate of drug-likeness (QED) is 0.655. The number of hydrazine groups is 1. The van der Waals surface area contributed by atoms with E-state index in [1.807, 2.05) is 0 Å². The van der Waals surface area contributed by atoms with Crippen LogP contribution in [0.25, 0.3) is 0 Å². The van der Waals surface area contributed by atoms with Gasteiger partial charge in [-0.2, -0.15) is 0 Å². The van der Waals surface area contributed by atoms with Gasteiger partial charge in [-0.25, -0.2) is 14.2 Å². The Morgan fingerprint density at radius 3 is 2.74 bits per heavy atom.